The van der Waals surface area contributed by atoms with Crippen LogP contribution in [-0.4, -0.2) is 10.1 Å². The summed E-state index contributed by atoms with van der Waals surface area (Å²) in [6.45, 7) is 1.88. The molecule has 0 spiro atoms. The number of benzene rings is 3. The number of hydrogen-bond acceptors (Lipinski definition) is 2. The monoisotopic (exact) mass is 339 g/mol. The van der Waals surface area contributed by atoms with E-state index in [1.54, 1.807) is 6.20 Å². The lowest BCUT2D eigenvalue weighted by Crippen LogP contribution is -2.31. The highest BCUT2D eigenvalue weighted by Crippen LogP contribution is 2.41. The molecule has 1 aromatic heterocycles. The van der Waals surface area contributed by atoms with E-state index >= 15 is 0 Å². The van der Waals surface area contributed by atoms with Crippen LogP contribution in [0.3, 0.4) is 0 Å². The average molecular weight is 339 g/mol. The summed E-state index contributed by atoms with van der Waals surface area (Å²) < 4.78 is 0. The first-order valence-electron chi connectivity index (χ1n) is 8.84. The van der Waals surface area contributed by atoms with Crippen molar-refractivity contribution in [2.45, 2.75) is 18.4 Å². The highest BCUT2D eigenvalue weighted by atomic mass is 16.3. The van der Waals surface area contributed by atoms with Crippen molar-refractivity contribution >= 4 is 10.8 Å². The van der Waals surface area contributed by atoms with Gasteiger partial charge in [-0.2, -0.15) is 0 Å². The van der Waals surface area contributed by atoms with Gasteiger partial charge in [0, 0.05) is 6.20 Å². The van der Waals surface area contributed by atoms with E-state index < -0.39 is 5.60 Å². The Balaban J connectivity index is 1.87. The molecule has 1 N–H and O–H groups in total. The van der Waals surface area contributed by atoms with Gasteiger partial charge in [-0.1, -0.05) is 72.8 Å². The Hall–Kier alpha value is -2.97. The Morgan fingerprint density at radius 1 is 0.769 bits per heavy atom. The van der Waals surface area contributed by atoms with Crippen LogP contribution >= 0.6 is 0 Å². The summed E-state index contributed by atoms with van der Waals surface area (Å²) in [7, 11) is 0. The molecule has 128 valence electrons. The predicted molar refractivity (Wildman–Crippen MR) is 106 cm³/mol. The van der Waals surface area contributed by atoms with Crippen molar-refractivity contribution in [1.29, 1.82) is 0 Å². The molecule has 26 heavy (non-hydrogen) atoms. The van der Waals surface area contributed by atoms with Gasteiger partial charge in [0.05, 0.1) is 17.2 Å². The quantitative estimate of drug-likeness (QED) is 0.549. The number of aliphatic hydroxyl groups is 1. The van der Waals surface area contributed by atoms with Crippen LogP contribution in [0.15, 0.2) is 97.2 Å². The number of aromatic nitrogens is 1. The minimum Gasteiger partial charge on any atom is -0.384 e. The molecule has 0 amide bonds. The van der Waals surface area contributed by atoms with Crippen LogP contribution in [0.1, 0.15) is 29.7 Å². The molecular formula is C24H21NO. The van der Waals surface area contributed by atoms with Crippen molar-refractivity contribution < 1.29 is 5.11 Å². The lowest BCUT2D eigenvalue weighted by atomic mass is 9.76. The molecule has 2 heteroatoms. The van der Waals surface area contributed by atoms with Crippen LogP contribution in [0.2, 0.25) is 0 Å². The molecule has 1 heterocycles. The Morgan fingerprint density at radius 2 is 1.46 bits per heavy atom. The van der Waals surface area contributed by atoms with Gasteiger partial charge in [0.25, 0.3) is 0 Å². The van der Waals surface area contributed by atoms with Crippen molar-refractivity contribution in [2.24, 2.45) is 0 Å². The molecule has 0 aliphatic heterocycles. The average Bonchev–Trinajstić information content (AvgIpc) is 2.69. The highest BCUT2D eigenvalue weighted by molar-refractivity contribution is 5.83. The summed E-state index contributed by atoms with van der Waals surface area (Å²) in [6, 6.07) is 30.3. The van der Waals surface area contributed by atoms with Crippen molar-refractivity contribution in [2.75, 3.05) is 0 Å². The number of rotatable bonds is 4. The van der Waals surface area contributed by atoms with E-state index in [9.17, 15) is 5.11 Å². The molecule has 2 atom stereocenters. The first-order chi connectivity index (χ1) is 12.7. The Morgan fingerprint density at radius 3 is 2.19 bits per heavy atom. The summed E-state index contributed by atoms with van der Waals surface area (Å²) in [4.78, 5) is 4.55. The van der Waals surface area contributed by atoms with Crippen LogP contribution in [0, 0.1) is 0 Å². The van der Waals surface area contributed by atoms with Gasteiger partial charge in [-0.25, -0.2) is 0 Å². The summed E-state index contributed by atoms with van der Waals surface area (Å²) in [5.74, 6) is -0.258. The summed E-state index contributed by atoms with van der Waals surface area (Å²) in [5.41, 5.74) is 1.69. The van der Waals surface area contributed by atoms with Crippen LogP contribution in [0.4, 0.5) is 0 Å². The van der Waals surface area contributed by atoms with Gasteiger partial charge in [0.1, 0.15) is 0 Å². The fraction of sp³-hybridized carbons (Fsp3) is 0.125. The van der Waals surface area contributed by atoms with Gasteiger partial charge in [-0.3, -0.25) is 4.98 Å². The lowest BCUT2D eigenvalue weighted by Gasteiger charge is -2.34. The van der Waals surface area contributed by atoms with Gasteiger partial charge in [0.2, 0.25) is 0 Å². The van der Waals surface area contributed by atoms with E-state index in [4.69, 9.17) is 0 Å². The van der Waals surface area contributed by atoms with Crippen molar-refractivity contribution in [3.8, 4) is 0 Å². The van der Waals surface area contributed by atoms with Crippen molar-refractivity contribution in [1.82, 2.24) is 4.98 Å². The Bertz CT molecular complexity index is 970. The minimum atomic E-state index is -1.10. The maximum absolute atomic E-state index is 11.7. The molecule has 2 unspecified atom stereocenters. The Labute approximate surface area is 153 Å². The first kappa shape index (κ1) is 16.5. The van der Waals surface area contributed by atoms with Gasteiger partial charge in [0.15, 0.2) is 0 Å². The van der Waals surface area contributed by atoms with E-state index in [0.29, 0.717) is 0 Å². The number of nitrogens with zero attached hydrogens (tertiary/aromatic N) is 1. The van der Waals surface area contributed by atoms with E-state index in [-0.39, 0.29) is 5.92 Å². The maximum atomic E-state index is 11.7. The summed E-state index contributed by atoms with van der Waals surface area (Å²) >= 11 is 0. The zero-order chi connectivity index (χ0) is 18.0. The van der Waals surface area contributed by atoms with E-state index in [1.165, 1.54) is 5.39 Å². The molecule has 0 radical (unpaired) electrons. The molecular weight excluding hydrogens is 318 g/mol. The first-order valence-corrected chi connectivity index (χ1v) is 8.84. The zero-order valence-corrected chi connectivity index (χ0v) is 14.7. The molecule has 4 rings (SSSR count). The SMILES string of the molecule is CC(O)(c1ccc2ccccc2c1)C(c1ccccc1)c1ccccn1. The van der Waals surface area contributed by atoms with E-state index in [2.05, 4.69) is 41.4 Å². The summed E-state index contributed by atoms with van der Waals surface area (Å²) in [5, 5.41) is 14.0. The molecule has 4 aromatic rings. The van der Waals surface area contributed by atoms with Gasteiger partial charge in [-0.15, -0.1) is 0 Å². The number of fused-ring (bicyclic) bond motifs is 1. The van der Waals surface area contributed by atoms with Gasteiger partial charge < -0.3 is 5.11 Å². The molecule has 0 fully saturated rings. The third-order valence-electron chi connectivity index (χ3n) is 5.01. The second kappa shape index (κ2) is 6.74. The van der Waals surface area contributed by atoms with Crippen molar-refractivity contribution in [3.63, 3.8) is 0 Å². The molecule has 0 saturated carbocycles. The molecule has 3 aromatic carbocycles. The highest BCUT2D eigenvalue weighted by Gasteiger charge is 2.37. The predicted octanol–water partition coefficient (Wildman–Crippen LogP) is 5.27. The fourth-order valence-electron chi connectivity index (χ4n) is 3.65. The molecule has 2 nitrogen and oxygen atoms in total. The fourth-order valence-corrected chi connectivity index (χ4v) is 3.65. The third kappa shape index (κ3) is 3.00. The van der Waals surface area contributed by atoms with Crippen LogP contribution in [0.5, 0.6) is 0 Å². The Kier molecular flexibility index (Phi) is 4.27. The number of hydrogen-bond donors (Lipinski definition) is 1. The van der Waals surface area contributed by atoms with Crippen LogP contribution in [0.25, 0.3) is 10.8 Å². The topological polar surface area (TPSA) is 33.1 Å². The maximum Gasteiger partial charge on any atom is 0.0992 e. The van der Waals surface area contributed by atoms with E-state index in [1.807, 2.05) is 61.5 Å². The standard InChI is InChI=1S/C24H21NO/c1-24(26,21-15-14-18-9-5-6-12-20(18)17-21)23(19-10-3-2-4-11-19)22-13-7-8-16-25-22/h2-17,23,26H,1H3. The molecule has 0 saturated heterocycles. The normalized spacial score (nSPS) is 14.7. The number of pyridine rings is 1. The second-order valence-electron chi connectivity index (χ2n) is 6.81. The molecule has 0 aliphatic carbocycles. The zero-order valence-electron chi connectivity index (χ0n) is 14.7. The lowest BCUT2D eigenvalue weighted by molar-refractivity contribution is 0.0382. The third-order valence-corrected chi connectivity index (χ3v) is 5.01. The minimum absolute atomic E-state index is 0.258. The van der Waals surface area contributed by atoms with E-state index in [0.717, 1.165) is 22.2 Å². The smallest absolute Gasteiger partial charge is 0.0992 e. The van der Waals surface area contributed by atoms with Gasteiger partial charge in [-0.05, 0) is 47.0 Å². The van der Waals surface area contributed by atoms with Crippen LogP contribution in [-0.2, 0) is 5.60 Å². The van der Waals surface area contributed by atoms with Crippen molar-refractivity contribution in [3.05, 3.63) is 114 Å². The molecule has 0 aliphatic rings. The largest absolute Gasteiger partial charge is 0.384 e. The van der Waals surface area contributed by atoms with Crippen LogP contribution < -0.4 is 0 Å². The van der Waals surface area contributed by atoms with Gasteiger partial charge >= 0.3 is 0 Å². The summed E-state index contributed by atoms with van der Waals surface area (Å²) in [6.07, 6.45) is 1.78. The molecule has 0 bridgehead atoms. The second-order valence-corrected chi connectivity index (χ2v) is 6.81.